The molecule has 0 aliphatic heterocycles. The summed E-state index contributed by atoms with van der Waals surface area (Å²) in [5.74, 6) is 5.26. The van der Waals surface area contributed by atoms with Gasteiger partial charge in [-0.1, -0.05) is 34.8 Å². The smallest absolute Gasteiger partial charge is 0.300 e. The minimum Gasteiger partial charge on any atom is -0.300 e. The molecule has 3 aromatic rings. The highest BCUT2D eigenvalue weighted by molar-refractivity contribution is 7.16. The first-order valence-corrected chi connectivity index (χ1v) is 7.36. The van der Waals surface area contributed by atoms with Crippen LogP contribution in [0.15, 0.2) is 40.1 Å². The van der Waals surface area contributed by atoms with Gasteiger partial charge in [0.1, 0.15) is 0 Å². The van der Waals surface area contributed by atoms with E-state index in [2.05, 4.69) is 10.4 Å². The summed E-state index contributed by atoms with van der Waals surface area (Å²) in [5, 5.41) is 1.10. The first-order chi connectivity index (χ1) is 9.69. The molecule has 2 aromatic heterocycles. The number of hydrogen-bond acceptors (Lipinski definition) is 7. The van der Waals surface area contributed by atoms with Gasteiger partial charge >= 0.3 is 4.87 Å². The van der Waals surface area contributed by atoms with Crippen LogP contribution in [0.25, 0.3) is 10.1 Å². The van der Waals surface area contributed by atoms with Crippen LogP contribution in [0.3, 0.4) is 0 Å². The first kappa shape index (κ1) is 13.0. The molecule has 2 heterocycles. The Kier molecular flexibility index (Phi) is 3.35. The quantitative estimate of drug-likeness (QED) is 0.561. The Morgan fingerprint density at radius 3 is 2.80 bits per heavy atom. The lowest BCUT2D eigenvalue weighted by Crippen LogP contribution is -2.31. The summed E-state index contributed by atoms with van der Waals surface area (Å²) in [6.07, 6.45) is 1.60. The standard InChI is InChI=1S/C12H10N4O2S2/c13-15-11-14-5-7(19-11)6-16-10(17)8-3-1-2-4-9(8)20-12(16)18/h1-5H,6,13H2,(H,14,15). The van der Waals surface area contributed by atoms with Gasteiger partial charge in [0.25, 0.3) is 5.56 Å². The number of rotatable bonds is 3. The average Bonchev–Trinajstić information content (AvgIpc) is 2.91. The molecule has 0 amide bonds. The second-order valence-electron chi connectivity index (χ2n) is 4.03. The van der Waals surface area contributed by atoms with Crippen LogP contribution in [0.1, 0.15) is 4.88 Å². The molecule has 0 aliphatic rings. The van der Waals surface area contributed by atoms with E-state index in [1.54, 1.807) is 24.4 Å². The first-order valence-electron chi connectivity index (χ1n) is 5.73. The molecular formula is C12H10N4O2S2. The Morgan fingerprint density at radius 2 is 2.05 bits per heavy atom. The van der Waals surface area contributed by atoms with Gasteiger partial charge in [0.05, 0.1) is 11.9 Å². The molecule has 3 rings (SSSR count). The number of aromatic nitrogens is 2. The minimum absolute atomic E-state index is 0.207. The van der Waals surface area contributed by atoms with Crippen molar-refractivity contribution in [1.29, 1.82) is 0 Å². The zero-order valence-corrected chi connectivity index (χ0v) is 11.8. The van der Waals surface area contributed by atoms with Gasteiger partial charge in [-0.15, -0.1) is 0 Å². The Labute approximate surface area is 121 Å². The second-order valence-corrected chi connectivity index (χ2v) is 6.14. The minimum atomic E-state index is -0.278. The topological polar surface area (TPSA) is 90.0 Å². The van der Waals surface area contributed by atoms with E-state index in [0.717, 1.165) is 16.2 Å². The van der Waals surface area contributed by atoms with Gasteiger partial charge in [0.2, 0.25) is 0 Å². The zero-order valence-electron chi connectivity index (χ0n) is 10.2. The van der Waals surface area contributed by atoms with Crippen molar-refractivity contribution in [2.24, 2.45) is 5.84 Å². The molecule has 0 saturated carbocycles. The molecule has 0 spiro atoms. The number of fused-ring (bicyclic) bond motifs is 1. The number of nitrogens with one attached hydrogen (secondary N) is 1. The third-order valence-corrected chi connectivity index (χ3v) is 4.66. The molecule has 8 heteroatoms. The predicted octanol–water partition coefficient (Wildman–Crippen LogP) is 1.21. The number of thiazole rings is 1. The van der Waals surface area contributed by atoms with E-state index < -0.39 is 0 Å². The van der Waals surface area contributed by atoms with Gasteiger partial charge in [-0.2, -0.15) is 0 Å². The number of anilines is 1. The van der Waals surface area contributed by atoms with E-state index >= 15 is 0 Å². The molecule has 0 unspecified atom stereocenters. The van der Waals surface area contributed by atoms with E-state index in [1.165, 1.54) is 15.9 Å². The third kappa shape index (κ3) is 2.24. The number of nitrogens with zero attached hydrogens (tertiary/aromatic N) is 2. The van der Waals surface area contributed by atoms with Gasteiger partial charge in [0, 0.05) is 15.8 Å². The Hall–Kier alpha value is -2.03. The van der Waals surface area contributed by atoms with E-state index in [0.29, 0.717) is 15.2 Å². The van der Waals surface area contributed by atoms with E-state index in [9.17, 15) is 9.59 Å². The van der Waals surface area contributed by atoms with Gasteiger partial charge in [0.15, 0.2) is 5.13 Å². The predicted molar refractivity (Wildman–Crippen MR) is 81.4 cm³/mol. The fourth-order valence-corrected chi connectivity index (χ4v) is 3.42. The number of hydrogen-bond donors (Lipinski definition) is 2. The Bertz CT molecular complexity index is 881. The molecule has 0 radical (unpaired) electrons. The van der Waals surface area contributed by atoms with Gasteiger partial charge in [-0.05, 0) is 12.1 Å². The van der Waals surface area contributed by atoms with Crippen LogP contribution in [0, 0.1) is 0 Å². The number of benzene rings is 1. The molecule has 102 valence electrons. The summed E-state index contributed by atoms with van der Waals surface area (Å²) >= 11 is 2.37. The molecule has 6 nitrogen and oxygen atoms in total. The molecule has 20 heavy (non-hydrogen) atoms. The lowest BCUT2D eigenvalue weighted by atomic mass is 10.3. The third-order valence-electron chi connectivity index (χ3n) is 2.77. The van der Waals surface area contributed by atoms with Crippen LogP contribution in [0.4, 0.5) is 5.13 Å². The highest BCUT2D eigenvalue weighted by Gasteiger charge is 2.10. The van der Waals surface area contributed by atoms with Crippen LogP contribution >= 0.6 is 22.7 Å². The number of nitrogen functional groups attached to an aromatic ring is 1. The fraction of sp³-hybridized carbons (Fsp3) is 0.0833. The van der Waals surface area contributed by atoms with Crippen LogP contribution in [-0.2, 0) is 6.54 Å². The SMILES string of the molecule is NNc1ncc(Cn2c(=O)sc3ccccc3c2=O)s1. The largest absolute Gasteiger partial charge is 0.310 e. The van der Waals surface area contributed by atoms with E-state index in [1.807, 2.05) is 6.07 Å². The Morgan fingerprint density at radius 1 is 1.25 bits per heavy atom. The van der Waals surface area contributed by atoms with Gasteiger partial charge in [-0.3, -0.25) is 19.6 Å². The molecule has 0 saturated heterocycles. The molecule has 1 aromatic carbocycles. The van der Waals surface area contributed by atoms with E-state index in [-0.39, 0.29) is 17.0 Å². The van der Waals surface area contributed by atoms with Crippen molar-refractivity contribution in [3.05, 3.63) is 55.4 Å². The summed E-state index contributed by atoms with van der Waals surface area (Å²) in [7, 11) is 0. The van der Waals surface area contributed by atoms with Crippen molar-refractivity contribution in [2.45, 2.75) is 6.54 Å². The molecular weight excluding hydrogens is 296 g/mol. The van der Waals surface area contributed by atoms with Crippen molar-refractivity contribution in [1.82, 2.24) is 9.55 Å². The molecule has 3 N–H and O–H groups in total. The van der Waals surface area contributed by atoms with E-state index in [4.69, 9.17) is 5.84 Å². The van der Waals surface area contributed by atoms with Crippen LogP contribution in [0.2, 0.25) is 0 Å². The van der Waals surface area contributed by atoms with Crippen LogP contribution in [0.5, 0.6) is 0 Å². The molecule has 0 fully saturated rings. The zero-order chi connectivity index (χ0) is 14.1. The van der Waals surface area contributed by atoms with Crippen molar-refractivity contribution >= 4 is 37.9 Å². The highest BCUT2D eigenvalue weighted by atomic mass is 32.1. The Balaban J connectivity index is 2.11. The summed E-state index contributed by atoms with van der Waals surface area (Å²) in [6, 6.07) is 7.10. The van der Waals surface area contributed by atoms with Crippen molar-refractivity contribution in [3.8, 4) is 0 Å². The number of hydrazine groups is 1. The lowest BCUT2D eigenvalue weighted by Gasteiger charge is -2.03. The molecule has 0 bridgehead atoms. The monoisotopic (exact) mass is 306 g/mol. The molecule has 0 aliphatic carbocycles. The van der Waals surface area contributed by atoms with Gasteiger partial charge in [-0.25, -0.2) is 10.8 Å². The highest BCUT2D eigenvalue weighted by Crippen LogP contribution is 2.17. The normalized spacial score (nSPS) is 10.8. The lowest BCUT2D eigenvalue weighted by molar-refractivity contribution is 0.761. The van der Waals surface area contributed by atoms with Crippen molar-refractivity contribution < 1.29 is 0 Å². The van der Waals surface area contributed by atoms with Crippen molar-refractivity contribution in [3.63, 3.8) is 0 Å². The summed E-state index contributed by atoms with van der Waals surface area (Å²) in [6.45, 7) is 0.207. The number of nitrogens with two attached hydrogens (primary N) is 1. The van der Waals surface area contributed by atoms with Crippen LogP contribution in [-0.4, -0.2) is 9.55 Å². The maximum absolute atomic E-state index is 12.3. The summed E-state index contributed by atoms with van der Waals surface area (Å²) in [5.41, 5.74) is 2.16. The van der Waals surface area contributed by atoms with Gasteiger partial charge < -0.3 is 0 Å². The second kappa shape index (κ2) is 5.16. The fourth-order valence-electron chi connectivity index (χ4n) is 1.85. The average molecular weight is 306 g/mol. The van der Waals surface area contributed by atoms with Crippen molar-refractivity contribution in [2.75, 3.05) is 5.43 Å². The molecule has 0 atom stereocenters. The maximum Gasteiger partial charge on any atom is 0.310 e. The summed E-state index contributed by atoms with van der Waals surface area (Å²) < 4.78 is 1.92. The van der Waals surface area contributed by atoms with Crippen LogP contribution < -0.4 is 21.7 Å². The maximum atomic E-state index is 12.3. The summed E-state index contributed by atoms with van der Waals surface area (Å²) in [4.78, 5) is 28.9.